The van der Waals surface area contributed by atoms with Crippen LogP contribution in [0.5, 0.6) is 0 Å². The number of hydrogen-bond donors (Lipinski definition) is 3. The van der Waals surface area contributed by atoms with Crippen LogP contribution in [0.4, 0.5) is 8.78 Å². The highest BCUT2D eigenvalue weighted by atomic mass is 79.9. The first-order chi connectivity index (χ1) is 9.21. The Labute approximate surface area is 123 Å². The quantitative estimate of drug-likeness (QED) is 0.697. The lowest BCUT2D eigenvalue weighted by Gasteiger charge is -2.29. The molecule has 114 valence electrons. The van der Waals surface area contributed by atoms with E-state index in [0.717, 1.165) is 6.07 Å². The summed E-state index contributed by atoms with van der Waals surface area (Å²) in [7, 11) is -4.39. The maximum Gasteiger partial charge on any atom is 0.245 e. The monoisotopic (exact) mass is 373 g/mol. The van der Waals surface area contributed by atoms with Gasteiger partial charge in [0.1, 0.15) is 16.5 Å². The van der Waals surface area contributed by atoms with E-state index in [9.17, 15) is 27.4 Å². The van der Waals surface area contributed by atoms with E-state index in [1.807, 2.05) is 0 Å². The van der Waals surface area contributed by atoms with Gasteiger partial charge in [-0.05, 0) is 28.4 Å². The van der Waals surface area contributed by atoms with Crippen LogP contribution in [-0.4, -0.2) is 37.4 Å². The van der Waals surface area contributed by atoms with Crippen LogP contribution in [0.25, 0.3) is 0 Å². The SMILES string of the molecule is CCC(CO)(CO)NS(=O)(=O)c1c(F)cc(F)cc1Br. The Balaban J connectivity index is 3.32. The zero-order valence-corrected chi connectivity index (χ0v) is 12.9. The van der Waals surface area contributed by atoms with E-state index in [-0.39, 0.29) is 10.9 Å². The molecule has 1 aromatic carbocycles. The summed E-state index contributed by atoms with van der Waals surface area (Å²) in [5.41, 5.74) is -1.51. The minimum atomic E-state index is -4.39. The number of sulfonamides is 1. The van der Waals surface area contributed by atoms with Crippen LogP contribution < -0.4 is 4.72 Å². The van der Waals surface area contributed by atoms with Crippen molar-refractivity contribution in [2.75, 3.05) is 13.2 Å². The van der Waals surface area contributed by atoms with Gasteiger partial charge in [-0.15, -0.1) is 0 Å². The minimum absolute atomic E-state index is 0.0830. The number of nitrogens with one attached hydrogen (secondary N) is 1. The van der Waals surface area contributed by atoms with Crippen molar-refractivity contribution < 1.29 is 27.4 Å². The van der Waals surface area contributed by atoms with Gasteiger partial charge in [-0.25, -0.2) is 21.9 Å². The number of aliphatic hydroxyl groups excluding tert-OH is 2. The van der Waals surface area contributed by atoms with Gasteiger partial charge >= 0.3 is 0 Å². The lowest BCUT2D eigenvalue weighted by Crippen LogP contribution is -2.53. The van der Waals surface area contributed by atoms with Gasteiger partial charge in [0.05, 0.1) is 18.8 Å². The van der Waals surface area contributed by atoms with Gasteiger partial charge in [0.25, 0.3) is 0 Å². The average Bonchev–Trinajstić information content (AvgIpc) is 2.34. The molecule has 0 spiro atoms. The zero-order chi connectivity index (χ0) is 15.6. The van der Waals surface area contributed by atoms with Gasteiger partial charge in [-0.1, -0.05) is 6.92 Å². The summed E-state index contributed by atoms with van der Waals surface area (Å²) in [6.07, 6.45) is 0.0830. The highest BCUT2D eigenvalue weighted by Crippen LogP contribution is 2.27. The third-order valence-corrected chi connectivity index (χ3v) is 5.41. The summed E-state index contributed by atoms with van der Waals surface area (Å²) in [4.78, 5) is -0.779. The molecule has 0 atom stereocenters. The second-order valence-electron chi connectivity index (χ2n) is 4.25. The molecule has 1 aromatic rings. The third kappa shape index (κ3) is 3.53. The highest BCUT2D eigenvalue weighted by Gasteiger charge is 2.35. The molecule has 0 unspecified atom stereocenters. The first-order valence-corrected chi connectivity index (χ1v) is 7.89. The normalized spacial score (nSPS) is 12.7. The second-order valence-corrected chi connectivity index (χ2v) is 6.73. The van der Waals surface area contributed by atoms with Crippen LogP contribution in [0.1, 0.15) is 13.3 Å². The molecule has 0 heterocycles. The molecule has 0 amide bonds. The topological polar surface area (TPSA) is 86.6 Å². The standard InChI is InChI=1S/C11H14BrF2NO4S/c1-2-11(5-16,6-17)15-20(18,19)10-8(12)3-7(13)4-9(10)14/h3-4,15-17H,2,5-6H2,1H3. The summed E-state index contributed by atoms with van der Waals surface area (Å²) in [6, 6.07) is 1.24. The van der Waals surface area contributed by atoms with Crippen LogP contribution in [0.3, 0.4) is 0 Å². The summed E-state index contributed by atoms with van der Waals surface area (Å²) in [6.45, 7) is 0.213. The van der Waals surface area contributed by atoms with Crippen molar-refractivity contribution >= 4 is 26.0 Å². The summed E-state index contributed by atoms with van der Waals surface area (Å²) in [5.74, 6) is -2.20. The van der Waals surface area contributed by atoms with Gasteiger partial charge in [0.15, 0.2) is 0 Å². The van der Waals surface area contributed by atoms with Gasteiger partial charge in [-0.3, -0.25) is 0 Å². The molecular weight excluding hydrogens is 360 g/mol. The first-order valence-electron chi connectivity index (χ1n) is 5.61. The van der Waals surface area contributed by atoms with E-state index in [1.54, 1.807) is 6.92 Å². The van der Waals surface area contributed by atoms with E-state index in [0.29, 0.717) is 6.07 Å². The van der Waals surface area contributed by atoms with E-state index < -0.39 is 45.3 Å². The lowest BCUT2D eigenvalue weighted by molar-refractivity contribution is 0.105. The van der Waals surface area contributed by atoms with E-state index in [1.165, 1.54) is 0 Å². The first kappa shape index (κ1) is 17.4. The van der Waals surface area contributed by atoms with E-state index in [2.05, 4.69) is 20.7 Å². The molecular formula is C11H14BrF2NO4S. The fourth-order valence-corrected chi connectivity index (χ4v) is 4.16. The molecule has 0 aromatic heterocycles. The average molecular weight is 374 g/mol. The number of rotatable bonds is 6. The van der Waals surface area contributed by atoms with Gasteiger partial charge < -0.3 is 10.2 Å². The Morgan fingerprint density at radius 1 is 1.30 bits per heavy atom. The number of halogens is 3. The van der Waals surface area contributed by atoms with Gasteiger partial charge in [-0.2, -0.15) is 0 Å². The Kier molecular flexibility index (Phi) is 5.61. The van der Waals surface area contributed by atoms with Crippen molar-refractivity contribution in [2.45, 2.75) is 23.8 Å². The molecule has 0 fully saturated rings. The zero-order valence-electron chi connectivity index (χ0n) is 10.5. The molecule has 1 rings (SSSR count). The summed E-state index contributed by atoms with van der Waals surface area (Å²) >= 11 is 2.78. The molecule has 3 N–H and O–H groups in total. The fraction of sp³-hybridized carbons (Fsp3) is 0.455. The van der Waals surface area contributed by atoms with Crippen LogP contribution in [-0.2, 0) is 10.0 Å². The Morgan fingerprint density at radius 3 is 2.25 bits per heavy atom. The van der Waals surface area contributed by atoms with Crippen LogP contribution >= 0.6 is 15.9 Å². The molecule has 0 saturated heterocycles. The van der Waals surface area contributed by atoms with Crippen molar-refractivity contribution in [3.8, 4) is 0 Å². The largest absolute Gasteiger partial charge is 0.394 e. The maximum absolute atomic E-state index is 13.7. The highest BCUT2D eigenvalue weighted by molar-refractivity contribution is 9.10. The van der Waals surface area contributed by atoms with E-state index >= 15 is 0 Å². The summed E-state index contributed by atoms with van der Waals surface area (Å²) in [5, 5.41) is 18.4. The Hall–Kier alpha value is -0.610. The van der Waals surface area contributed by atoms with Crippen molar-refractivity contribution in [2.24, 2.45) is 0 Å². The molecule has 0 aliphatic rings. The Bertz CT molecular complexity index is 559. The molecule has 0 bridgehead atoms. The molecule has 0 aliphatic heterocycles. The predicted molar refractivity (Wildman–Crippen MR) is 71.6 cm³/mol. The third-order valence-electron chi connectivity index (χ3n) is 2.86. The molecule has 5 nitrogen and oxygen atoms in total. The smallest absolute Gasteiger partial charge is 0.245 e. The minimum Gasteiger partial charge on any atom is -0.394 e. The molecule has 9 heteroatoms. The van der Waals surface area contributed by atoms with Crippen molar-refractivity contribution in [3.05, 3.63) is 28.2 Å². The maximum atomic E-state index is 13.7. The molecule has 0 aliphatic carbocycles. The summed E-state index contributed by atoms with van der Waals surface area (Å²) < 4.78 is 52.7. The fourth-order valence-electron chi connectivity index (χ4n) is 1.53. The predicted octanol–water partition coefficient (Wildman–Crippen LogP) is 1.14. The van der Waals surface area contributed by atoms with Crippen LogP contribution in [0.15, 0.2) is 21.5 Å². The second kappa shape index (κ2) is 6.44. The molecule has 0 saturated carbocycles. The Morgan fingerprint density at radius 2 is 1.85 bits per heavy atom. The van der Waals surface area contributed by atoms with Crippen molar-refractivity contribution in [1.29, 1.82) is 0 Å². The molecule has 0 radical (unpaired) electrons. The van der Waals surface area contributed by atoms with Gasteiger partial charge in [0, 0.05) is 10.5 Å². The molecule has 20 heavy (non-hydrogen) atoms. The van der Waals surface area contributed by atoms with Crippen LogP contribution in [0.2, 0.25) is 0 Å². The number of hydrogen-bond acceptors (Lipinski definition) is 4. The van der Waals surface area contributed by atoms with Crippen LogP contribution in [0, 0.1) is 11.6 Å². The number of benzene rings is 1. The van der Waals surface area contributed by atoms with Gasteiger partial charge in [0.2, 0.25) is 10.0 Å². The number of aliphatic hydroxyl groups is 2. The van der Waals surface area contributed by atoms with Crippen molar-refractivity contribution in [3.63, 3.8) is 0 Å². The van der Waals surface area contributed by atoms with Crippen molar-refractivity contribution in [1.82, 2.24) is 4.72 Å². The van der Waals surface area contributed by atoms with E-state index in [4.69, 9.17) is 0 Å². The lowest BCUT2D eigenvalue weighted by atomic mass is 10.0.